The maximum Gasteiger partial charge on any atom is 0.416 e. The largest absolute Gasteiger partial charge is 0.448 e. The number of nitrogens with one attached hydrogen (secondary N) is 1. The Bertz CT molecular complexity index is 378. The Labute approximate surface area is 104 Å². The molecule has 0 aliphatic heterocycles. The highest BCUT2D eigenvalue weighted by atomic mass is 79.9. The van der Waals surface area contributed by atoms with Gasteiger partial charge in [-0.1, -0.05) is 15.9 Å². The highest BCUT2D eigenvalue weighted by Crippen LogP contribution is 2.29. The molecule has 0 bridgehead atoms. The highest BCUT2D eigenvalue weighted by Gasteiger charge is 2.29. The first-order valence-electron chi connectivity index (χ1n) is 4.60. The van der Waals surface area contributed by atoms with Crippen LogP contribution in [-0.4, -0.2) is 18.0 Å². The van der Waals surface area contributed by atoms with Gasteiger partial charge in [0.25, 0.3) is 0 Å². The SMILES string of the molecule is O=C(Nc1ccc(C(F)(F)F)cc1)OCCBr. The van der Waals surface area contributed by atoms with Crippen LogP contribution in [-0.2, 0) is 10.9 Å². The lowest BCUT2D eigenvalue weighted by Gasteiger charge is -2.08. The molecule has 0 aromatic heterocycles. The number of benzene rings is 1. The predicted octanol–water partition coefficient (Wildman–Crippen LogP) is 3.65. The topological polar surface area (TPSA) is 38.3 Å². The molecule has 0 aliphatic carbocycles. The second kappa shape index (κ2) is 5.90. The van der Waals surface area contributed by atoms with Crippen molar-refractivity contribution in [3.63, 3.8) is 0 Å². The molecule has 0 fully saturated rings. The first-order valence-corrected chi connectivity index (χ1v) is 5.72. The number of halogens is 4. The predicted molar refractivity (Wildman–Crippen MR) is 60.2 cm³/mol. The van der Waals surface area contributed by atoms with Gasteiger partial charge in [-0.05, 0) is 24.3 Å². The monoisotopic (exact) mass is 311 g/mol. The lowest BCUT2D eigenvalue weighted by Crippen LogP contribution is -2.15. The smallest absolute Gasteiger partial charge is 0.416 e. The zero-order valence-electron chi connectivity index (χ0n) is 8.55. The van der Waals surface area contributed by atoms with Crippen molar-refractivity contribution >= 4 is 27.7 Å². The molecule has 7 heteroatoms. The van der Waals surface area contributed by atoms with Crippen molar-refractivity contribution in [3.05, 3.63) is 29.8 Å². The molecule has 0 heterocycles. The number of hydrogen-bond acceptors (Lipinski definition) is 2. The fourth-order valence-corrected chi connectivity index (χ4v) is 1.19. The van der Waals surface area contributed by atoms with Crippen LogP contribution in [0.15, 0.2) is 24.3 Å². The number of alkyl halides is 4. The van der Waals surface area contributed by atoms with Crippen molar-refractivity contribution in [2.75, 3.05) is 17.3 Å². The fourth-order valence-electron chi connectivity index (χ4n) is 1.03. The van der Waals surface area contributed by atoms with Crippen LogP contribution in [0.5, 0.6) is 0 Å². The molecule has 1 N–H and O–H groups in total. The summed E-state index contributed by atoms with van der Waals surface area (Å²) >= 11 is 3.06. The Balaban J connectivity index is 2.60. The summed E-state index contributed by atoms with van der Waals surface area (Å²) in [4.78, 5) is 11.1. The molecule has 0 unspecified atom stereocenters. The maximum atomic E-state index is 12.2. The first-order chi connectivity index (χ1) is 7.93. The van der Waals surface area contributed by atoms with Gasteiger partial charge >= 0.3 is 12.3 Å². The van der Waals surface area contributed by atoms with Crippen LogP contribution in [0.4, 0.5) is 23.7 Å². The molecular formula is C10H9BrF3NO2. The summed E-state index contributed by atoms with van der Waals surface area (Å²) in [6.07, 6.45) is -5.08. The van der Waals surface area contributed by atoms with Crippen LogP contribution >= 0.6 is 15.9 Å². The Morgan fingerprint density at radius 1 is 1.29 bits per heavy atom. The molecule has 1 amide bonds. The third-order valence-electron chi connectivity index (χ3n) is 1.77. The molecule has 0 atom stereocenters. The lowest BCUT2D eigenvalue weighted by molar-refractivity contribution is -0.137. The number of anilines is 1. The average Bonchev–Trinajstić information content (AvgIpc) is 2.26. The van der Waals surface area contributed by atoms with Gasteiger partial charge in [0.05, 0.1) is 5.56 Å². The Hall–Kier alpha value is -1.24. The normalized spacial score (nSPS) is 11.1. The van der Waals surface area contributed by atoms with Gasteiger partial charge in [-0.25, -0.2) is 4.79 Å². The van der Waals surface area contributed by atoms with E-state index in [9.17, 15) is 18.0 Å². The van der Waals surface area contributed by atoms with E-state index in [4.69, 9.17) is 0 Å². The molecule has 0 saturated carbocycles. The van der Waals surface area contributed by atoms with Crippen LogP contribution in [0.25, 0.3) is 0 Å². The van der Waals surface area contributed by atoms with Gasteiger partial charge in [-0.2, -0.15) is 13.2 Å². The Kier molecular flexibility index (Phi) is 4.80. The minimum atomic E-state index is -4.38. The van der Waals surface area contributed by atoms with E-state index in [2.05, 4.69) is 26.0 Å². The first kappa shape index (κ1) is 13.8. The van der Waals surface area contributed by atoms with E-state index < -0.39 is 17.8 Å². The van der Waals surface area contributed by atoms with E-state index in [1.807, 2.05) is 0 Å². The molecule has 1 rings (SSSR count). The Morgan fingerprint density at radius 3 is 2.35 bits per heavy atom. The summed E-state index contributed by atoms with van der Waals surface area (Å²) < 4.78 is 41.4. The van der Waals surface area contributed by atoms with E-state index >= 15 is 0 Å². The standard InChI is InChI=1S/C10H9BrF3NO2/c11-5-6-17-9(16)15-8-3-1-7(2-4-8)10(12,13)14/h1-4H,5-6H2,(H,15,16). The molecule has 94 valence electrons. The second-order valence-corrected chi connectivity index (χ2v) is 3.82. The van der Waals surface area contributed by atoms with Gasteiger partial charge < -0.3 is 4.74 Å². The van der Waals surface area contributed by atoms with Crippen molar-refractivity contribution in [3.8, 4) is 0 Å². The van der Waals surface area contributed by atoms with Gasteiger partial charge in [0.2, 0.25) is 0 Å². The van der Waals surface area contributed by atoms with Gasteiger partial charge in [0, 0.05) is 11.0 Å². The van der Waals surface area contributed by atoms with Crippen LogP contribution < -0.4 is 5.32 Å². The summed E-state index contributed by atoms with van der Waals surface area (Å²) in [7, 11) is 0. The van der Waals surface area contributed by atoms with E-state index in [1.165, 1.54) is 0 Å². The zero-order valence-corrected chi connectivity index (χ0v) is 10.1. The van der Waals surface area contributed by atoms with Crippen LogP contribution in [0.1, 0.15) is 5.56 Å². The minimum absolute atomic E-state index is 0.187. The Morgan fingerprint density at radius 2 is 1.88 bits per heavy atom. The van der Waals surface area contributed by atoms with Crippen molar-refractivity contribution in [1.29, 1.82) is 0 Å². The summed E-state index contributed by atoms with van der Waals surface area (Å²) in [5.41, 5.74) is -0.519. The van der Waals surface area contributed by atoms with Crippen LogP contribution in [0.2, 0.25) is 0 Å². The zero-order chi connectivity index (χ0) is 12.9. The van der Waals surface area contributed by atoms with Gasteiger partial charge in [0.1, 0.15) is 6.61 Å². The van der Waals surface area contributed by atoms with Crippen LogP contribution in [0.3, 0.4) is 0 Å². The molecular weight excluding hydrogens is 303 g/mol. The quantitative estimate of drug-likeness (QED) is 0.865. The van der Waals surface area contributed by atoms with E-state index in [0.717, 1.165) is 24.3 Å². The van der Waals surface area contributed by atoms with Gasteiger partial charge in [0.15, 0.2) is 0 Å². The second-order valence-electron chi connectivity index (χ2n) is 3.03. The number of carbonyl (C=O) groups is 1. The average molecular weight is 312 g/mol. The number of carbonyl (C=O) groups excluding carboxylic acids is 1. The minimum Gasteiger partial charge on any atom is -0.448 e. The van der Waals surface area contributed by atoms with E-state index in [1.54, 1.807) is 0 Å². The molecule has 17 heavy (non-hydrogen) atoms. The highest BCUT2D eigenvalue weighted by molar-refractivity contribution is 9.09. The molecule has 0 radical (unpaired) electrons. The number of rotatable bonds is 3. The number of ether oxygens (including phenoxy) is 1. The van der Waals surface area contributed by atoms with Gasteiger partial charge in [-0.15, -0.1) is 0 Å². The molecule has 1 aromatic carbocycles. The van der Waals surface area contributed by atoms with Gasteiger partial charge in [-0.3, -0.25) is 5.32 Å². The number of amides is 1. The molecule has 0 aliphatic rings. The molecule has 0 saturated heterocycles. The third-order valence-corrected chi connectivity index (χ3v) is 2.09. The maximum absolute atomic E-state index is 12.2. The molecule has 3 nitrogen and oxygen atoms in total. The summed E-state index contributed by atoms with van der Waals surface area (Å²) in [6.45, 7) is 0.187. The van der Waals surface area contributed by atoms with Crippen molar-refractivity contribution in [2.45, 2.75) is 6.18 Å². The summed E-state index contributed by atoms with van der Waals surface area (Å²) in [5, 5.41) is 2.80. The van der Waals surface area contributed by atoms with E-state index in [-0.39, 0.29) is 12.3 Å². The van der Waals surface area contributed by atoms with Crippen molar-refractivity contribution in [1.82, 2.24) is 0 Å². The fraction of sp³-hybridized carbons (Fsp3) is 0.300. The molecule has 0 spiro atoms. The van der Waals surface area contributed by atoms with E-state index in [0.29, 0.717) is 5.33 Å². The summed E-state index contributed by atoms with van der Waals surface area (Å²) in [5.74, 6) is 0. The van der Waals surface area contributed by atoms with Crippen molar-refractivity contribution in [2.24, 2.45) is 0 Å². The lowest BCUT2D eigenvalue weighted by atomic mass is 10.2. The third kappa shape index (κ3) is 4.64. The van der Waals surface area contributed by atoms with Crippen molar-refractivity contribution < 1.29 is 22.7 Å². The molecule has 1 aromatic rings. The summed E-state index contributed by atoms with van der Waals surface area (Å²) in [6, 6.07) is 4.11. The number of hydrogen-bond donors (Lipinski definition) is 1. The van der Waals surface area contributed by atoms with Crippen LogP contribution in [0, 0.1) is 0 Å².